The monoisotopic (exact) mass is 380 g/mol. The molecule has 1 atom stereocenters. The lowest BCUT2D eigenvalue weighted by atomic mass is 9.89. The molecule has 2 aliphatic rings. The van der Waals surface area contributed by atoms with Gasteiger partial charge in [0.2, 0.25) is 10.0 Å². The highest BCUT2D eigenvalue weighted by molar-refractivity contribution is 7.89. The summed E-state index contributed by atoms with van der Waals surface area (Å²) in [4.78, 5) is 10.8. The summed E-state index contributed by atoms with van der Waals surface area (Å²) >= 11 is 0. The Hall–Kier alpha value is -2.00. The first kappa shape index (κ1) is 18.8. The van der Waals surface area contributed by atoms with E-state index < -0.39 is 14.9 Å². The van der Waals surface area contributed by atoms with Crippen molar-refractivity contribution in [3.8, 4) is 0 Å². The van der Waals surface area contributed by atoms with Crippen LogP contribution in [0.1, 0.15) is 45.4 Å². The van der Waals surface area contributed by atoms with Gasteiger partial charge >= 0.3 is 0 Å². The van der Waals surface area contributed by atoms with Crippen molar-refractivity contribution in [3.05, 3.63) is 28.3 Å². The molecule has 26 heavy (non-hydrogen) atoms. The third-order valence-electron chi connectivity index (χ3n) is 5.08. The molecule has 2 fully saturated rings. The molecule has 1 N–H and O–H groups in total. The summed E-state index contributed by atoms with van der Waals surface area (Å²) in [6, 6.07) is 3.96. The van der Waals surface area contributed by atoms with Gasteiger partial charge in [0, 0.05) is 24.9 Å². The molecular formula is C17H24N4O4S. The summed E-state index contributed by atoms with van der Waals surface area (Å²) in [5.74, 6) is 0.352. The topological polar surface area (TPSA) is 105 Å². The maximum Gasteiger partial charge on any atom is 0.295 e. The summed E-state index contributed by atoms with van der Waals surface area (Å²) in [6.45, 7) is 3.02. The van der Waals surface area contributed by atoms with Gasteiger partial charge in [0.15, 0.2) is 0 Å². The van der Waals surface area contributed by atoms with Crippen LogP contribution in [-0.2, 0) is 10.0 Å². The van der Waals surface area contributed by atoms with Crippen LogP contribution in [0.3, 0.4) is 0 Å². The largest absolute Gasteiger partial charge is 0.295 e. The third-order valence-corrected chi connectivity index (χ3v) is 6.97. The van der Waals surface area contributed by atoms with Crippen LogP contribution in [0.5, 0.6) is 0 Å². The molecule has 1 saturated heterocycles. The molecule has 142 valence electrons. The Labute approximate surface area is 153 Å². The molecule has 1 aromatic rings. The van der Waals surface area contributed by atoms with Gasteiger partial charge in [0.05, 0.1) is 9.82 Å². The van der Waals surface area contributed by atoms with E-state index in [9.17, 15) is 18.5 Å². The zero-order valence-corrected chi connectivity index (χ0v) is 15.7. The zero-order valence-electron chi connectivity index (χ0n) is 14.8. The average molecular weight is 380 g/mol. The van der Waals surface area contributed by atoms with Gasteiger partial charge in [-0.25, -0.2) is 8.42 Å². The van der Waals surface area contributed by atoms with Gasteiger partial charge in [-0.15, -0.1) is 0 Å². The van der Waals surface area contributed by atoms with Crippen LogP contribution in [-0.4, -0.2) is 36.4 Å². The molecule has 1 aliphatic carbocycles. The standard InChI is InChI=1S/C17H24N4O4S/c1-13-6-2-3-7-15(13)18-19-16-9-8-14(12-17(16)21(22)23)26(24,25)20-10-4-5-11-20/h8-9,12-13,19H,2-7,10-11H2,1H3/t13-/m0/s1. The first-order valence-electron chi connectivity index (χ1n) is 9.00. The van der Waals surface area contributed by atoms with E-state index in [0.29, 0.717) is 19.0 Å². The number of nitro groups is 1. The van der Waals surface area contributed by atoms with Crippen molar-refractivity contribution in [3.63, 3.8) is 0 Å². The molecule has 1 aromatic carbocycles. The summed E-state index contributed by atoms with van der Waals surface area (Å²) in [5.41, 5.74) is 3.71. The molecule has 0 spiro atoms. The fourth-order valence-electron chi connectivity index (χ4n) is 3.46. The summed E-state index contributed by atoms with van der Waals surface area (Å²) in [6.07, 6.45) is 5.82. The van der Waals surface area contributed by atoms with Crippen LogP contribution in [0, 0.1) is 16.0 Å². The Morgan fingerprint density at radius 1 is 1.23 bits per heavy atom. The van der Waals surface area contributed by atoms with Crippen molar-refractivity contribution in [2.45, 2.75) is 50.3 Å². The van der Waals surface area contributed by atoms with Crippen LogP contribution < -0.4 is 5.43 Å². The number of nitrogens with zero attached hydrogens (tertiary/aromatic N) is 3. The van der Waals surface area contributed by atoms with Gasteiger partial charge in [0.1, 0.15) is 5.69 Å². The second-order valence-electron chi connectivity index (χ2n) is 6.91. The van der Waals surface area contributed by atoms with Gasteiger partial charge in [-0.3, -0.25) is 15.5 Å². The molecule has 8 nitrogen and oxygen atoms in total. The summed E-state index contributed by atoms with van der Waals surface area (Å²) in [7, 11) is -3.69. The first-order valence-corrected chi connectivity index (χ1v) is 10.4. The number of anilines is 1. The molecule has 9 heteroatoms. The van der Waals surface area contributed by atoms with Crippen LogP contribution in [0.15, 0.2) is 28.2 Å². The van der Waals surface area contributed by atoms with Gasteiger partial charge in [-0.05, 0) is 50.2 Å². The van der Waals surface area contributed by atoms with E-state index in [4.69, 9.17) is 0 Å². The molecule has 1 heterocycles. The number of sulfonamides is 1. The van der Waals surface area contributed by atoms with Crippen LogP contribution >= 0.6 is 0 Å². The van der Waals surface area contributed by atoms with Gasteiger partial charge < -0.3 is 0 Å². The highest BCUT2D eigenvalue weighted by atomic mass is 32.2. The molecule has 0 aromatic heterocycles. The fourth-order valence-corrected chi connectivity index (χ4v) is 5.00. The predicted molar refractivity (Wildman–Crippen MR) is 99.8 cm³/mol. The Kier molecular flexibility index (Phi) is 5.57. The molecule has 0 unspecified atom stereocenters. The van der Waals surface area contributed by atoms with Crippen molar-refractivity contribution in [1.29, 1.82) is 0 Å². The minimum absolute atomic E-state index is 0.0460. The van der Waals surface area contributed by atoms with Crippen molar-refractivity contribution in [2.75, 3.05) is 18.5 Å². The second kappa shape index (κ2) is 7.71. The van der Waals surface area contributed by atoms with Crippen molar-refractivity contribution in [1.82, 2.24) is 4.31 Å². The molecule has 1 saturated carbocycles. The van der Waals surface area contributed by atoms with Gasteiger partial charge in [-0.2, -0.15) is 9.41 Å². The molecule has 0 amide bonds. The summed E-state index contributed by atoms with van der Waals surface area (Å²) in [5, 5.41) is 15.8. The number of hydrazone groups is 1. The van der Waals surface area contributed by atoms with E-state index in [0.717, 1.165) is 43.9 Å². The lowest BCUT2D eigenvalue weighted by molar-refractivity contribution is -0.384. The van der Waals surface area contributed by atoms with E-state index in [-0.39, 0.29) is 16.3 Å². The minimum atomic E-state index is -3.69. The van der Waals surface area contributed by atoms with Crippen LogP contribution in [0.25, 0.3) is 0 Å². The lowest BCUT2D eigenvalue weighted by Crippen LogP contribution is -2.27. The van der Waals surface area contributed by atoms with E-state index in [2.05, 4.69) is 17.5 Å². The first-order chi connectivity index (χ1) is 12.4. The molecule has 1 aliphatic heterocycles. The molecular weight excluding hydrogens is 356 g/mol. The summed E-state index contributed by atoms with van der Waals surface area (Å²) < 4.78 is 26.6. The highest BCUT2D eigenvalue weighted by Crippen LogP contribution is 2.30. The zero-order chi connectivity index (χ0) is 18.7. The normalized spacial score (nSPS) is 23.3. The number of rotatable bonds is 5. The minimum Gasteiger partial charge on any atom is -0.272 e. The smallest absolute Gasteiger partial charge is 0.272 e. The molecule has 0 bridgehead atoms. The fraction of sp³-hybridized carbons (Fsp3) is 0.588. The predicted octanol–water partition coefficient (Wildman–Crippen LogP) is 3.36. The third kappa shape index (κ3) is 3.88. The molecule has 0 radical (unpaired) electrons. The number of benzene rings is 1. The number of nitrogens with one attached hydrogen (secondary N) is 1. The van der Waals surface area contributed by atoms with Crippen LogP contribution in [0.2, 0.25) is 0 Å². The number of hydrogen-bond acceptors (Lipinski definition) is 6. The Morgan fingerprint density at radius 3 is 2.62 bits per heavy atom. The number of hydrogen-bond donors (Lipinski definition) is 1. The number of nitro benzene ring substituents is 1. The quantitative estimate of drug-likeness (QED) is 0.623. The van der Waals surface area contributed by atoms with E-state index >= 15 is 0 Å². The van der Waals surface area contributed by atoms with Crippen molar-refractivity contribution >= 4 is 27.1 Å². The van der Waals surface area contributed by atoms with E-state index in [1.54, 1.807) is 0 Å². The van der Waals surface area contributed by atoms with Gasteiger partial charge in [0.25, 0.3) is 5.69 Å². The second-order valence-corrected chi connectivity index (χ2v) is 8.85. The Balaban J connectivity index is 1.87. The SMILES string of the molecule is C[C@H]1CCCCC1=NNc1ccc(S(=O)(=O)N2CCCC2)cc1[N+](=O)[O-]. The average Bonchev–Trinajstić information content (AvgIpc) is 3.16. The van der Waals surface area contributed by atoms with E-state index in [1.165, 1.54) is 22.9 Å². The van der Waals surface area contributed by atoms with Crippen LogP contribution in [0.4, 0.5) is 11.4 Å². The molecule has 3 rings (SSSR count). The Bertz CT molecular complexity index is 816. The Morgan fingerprint density at radius 2 is 1.96 bits per heavy atom. The maximum atomic E-state index is 12.6. The maximum absolute atomic E-state index is 12.6. The lowest BCUT2D eigenvalue weighted by Gasteiger charge is -2.20. The highest BCUT2D eigenvalue weighted by Gasteiger charge is 2.29. The van der Waals surface area contributed by atoms with Crippen molar-refractivity contribution in [2.24, 2.45) is 11.0 Å². The van der Waals surface area contributed by atoms with E-state index in [1.807, 2.05) is 0 Å². The van der Waals surface area contributed by atoms with Crippen molar-refractivity contribution < 1.29 is 13.3 Å². The van der Waals surface area contributed by atoms with Gasteiger partial charge in [-0.1, -0.05) is 13.3 Å².